The first-order valence-corrected chi connectivity index (χ1v) is 9.96. The van der Waals surface area contributed by atoms with Crippen molar-refractivity contribution in [2.24, 2.45) is 0 Å². The van der Waals surface area contributed by atoms with E-state index in [-0.39, 0.29) is 11.3 Å². The summed E-state index contributed by atoms with van der Waals surface area (Å²) in [6.45, 7) is 7.87. The van der Waals surface area contributed by atoms with Gasteiger partial charge in [0.1, 0.15) is 0 Å². The molecule has 0 saturated heterocycles. The highest BCUT2D eigenvalue weighted by molar-refractivity contribution is 5.93. The van der Waals surface area contributed by atoms with Gasteiger partial charge in [-0.2, -0.15) is 0 Å². The van der Waals surface area contributed by atoms with Gasteiger partial charge in [-0.05, 0) is 34.6 Å². The molecule has 29 heavy (non-hydrogen) atoms. The molecule has 3 aromatic rings. The summed E-state index contributed by atoms with van der Waals surface area (Å²) in [5.74, 6) is 0.461. The summed E-state index contributed by atoms with van der Waals surface area (Å²) in [5.41, 5.74) is 5.22. The summed E-state index contributed by atoms with van der Waals surface area (Å²) in [5, 5.41) is 3.29. The maximum atomic E-state index is 12.9. The van der Waals surface area contributed by atoms with Gasteiger partial charge in [-0.1, -0.05) is 63.2 Å². The van der Waals surface area contributed by atoms with Gasteiger partial charge in [-0.25, -0.2) is 9.97 Å². The van der Waals surface area contributed by atoms with Crippen LogP contribution in [0.5, 0.6) is 0 Å². The zero-order valence-corrected chi connectivity index (χ0v) is 17.1. The van der Waals surface area contributed by atoms with Crippen LogP contribution in [0.25, 0.3) is 0 Å². The predicted molar refractivity (Wildman–Crippen MR) is 115 cm³/mol. The van der Waals surface area contributed by atoms with E-state index in [0.717, 1.165) is 18.7 Å². The molecule has 0 aliphatic carbocycles. The summed E-state index contributed by atoms with van der Waals surface area (Å²) in [7, 11) is 0. The number of hydrogen-bond acceptors (Lipinski definition) is 4. The smallest absolute Gasteiger partial charge is 0.257 e. The molecule has 1 aromatic heterocycles. The first-order chi connectivity index (χ1) is 13.9. The van der Waals surface area contributed by atoms with Gasteiger partial charge in [0.2, 0.25) is 5.95 Å². The molecule has 1 N–H and O–H groups in total. The van der Waals surface area contributed by atoms with Gasteiger partial charge in [-0.3, -0.25) is 4.79 Å². The minimum Gasteiger partial charge on any atom is -0.334 e. The molecule has 148 valence electrons. The second-order valence-corrected chi connectivity index (χ2v) is 8.46. The third kappa shape index (κ3) is 4.14. The summed E-state index contributed by atoms with van der Waals surface area (Å²) < 4.78 is 0. The molecule has 5 nitrogen and oxygen atoms in total. The maximum absolute atomic E-state index is 12.9. The van der Waals surface area contributed by atoms with E-state index in [9.17, 15) is 4.79 Å². The van der Waals surface area contributed by atoms with Crippen molar-refractivity contribution >= 4 is 17.5 Å². The molecule has 0 spiro atoms. The van der Waals surface area contributed by atoms with Gasteiger partial charge in [0.15, 0.2) is 0 Å². The van der Waals surface area contributed by atoms with Gasteiger partial charge >= 0.3 is 0 Å². The second kappa shape index (κ2) is 7.66. The van der Waals surface area contributed by atoms with Crippen molar-refractivity contribution in [3.8, 4) is 0 Å². The zero-order chi connectivity index (χ0) is 20.4. The Morgan fingerprint density at radius 2 is 1.62 bits per heavy atom. The van der Waals surface area contributed by atoms with Crippen molar-refractivity contribution in [1.29, 1.82) is 0 Å². The Hall–Kier alpha value is -3.21. The van der Waals surface area contributed by atoms with Crippen LogP contribution in [0.3, 0.4) is 0 Å². The molecule has 1 aliphatic heterocycles. The van der Waals surface area contributed by atoms with Gasteiger partial charge in [0.05, 0.1) is 5.56 Å². The number of hydrogen-bond donors (Lipinski definition) is 1. The molecule has 0 saturated carbocycles. The van der Waals surface area contributed by atoms with E-state index >= 15 is 0 Å². The van der Waals surface area contributed by atoms with Crippen LogP contribution in [0, 0.1) is 0 Å². The van der Waals surface area contributed by atoms with Crippen LogP contribution >= 0.6 is 0 Å². The molecule has 1 amide bonds. The Kier molecular flexibility index (Phi) is 5.05. The third-order valence-electron chi connectivity index (χ3n) is 5.30. The number of rotatable bonds is 3. The Morgan fingerprint density at radius 1 is 0.966 bits per heavy atom. The van der Waals surface area contributed by atoms with Crippen LogP contribution in [-0.4, -0.2) is 27.3 Å². The van der Waals surface area contributed by atoms with Gasteiger partial charge in [0, 0.05) is 31.2 Å². The third-order valence-corrected chi connectivity index (χ3v) is 5.30. The minimum absolute atomic E-state index is 0.00402. The highest BCUT2D eigenvalue weighted by Crippen LogP contribution is 2.30. The van der Waals surface area contributed by atoms with Crippen LogP contribution in [0.2, 0.25) is 0 Å². The standard InChI is InChI=1S/C24H26N4O/c1-24(2,3)20-10-6-7-11-21(20)27-23-25-14-19(15-26-23)22(29)28-13-12-17-8-4-5-9-18(17)16-28/h4-11,14-15H,12-13,16H2,1-3H3,(H,25,26,27). The Labute approximate surface area is 171 Å². The molecule has 0 unspecified atom stereocenters. The van der Waals surface area contributed by atoms with Crippen molar-refractivity contribution in [3.05, 3.63) is 83.2 Å². The largest absolute Gasteiger partial charge is 0.334 e. The van der Waals surface area contributed by atoms with E-state index < -0.39 is 0 Å². The van der Waals surface area contributed by atoms with E-state index in [1.165, 1.54) is 16.7 Å². The number of carbonyl (C=O) groups excluding carboxylic acids is 1. The molecule has 2 aromatic carbocycles. The van der Waals surface area contributed by atoms with E-state index in [1.807, 2.05) is 35.2 Å². The molecule has 2 heterocycles. The summed E-state index contributed by atoms with van der Waals surface area (Å²) in [6.07, 6.45) is 4.10. The average molecular weight is 386 g/mol. The lowest BCUT2D eigenvalue weighted by atomic mass is 9.86. The van der Waals surface area contributed by atoms with Crippen molar-refractivity contribution < 1.29 is 4.79 Å². The Morgan fingerprint density at radius 3 is 2.34 bits per heavy atom. The molecule has 0 fully saturated rings. The average Bonchev–Trinajstić information content (AvgIpc) is 2.73. The van der Waals surface area contributed by atoms with Crippen molar-refractivity contribution in [2.45, 2.75) is 39.2 Å². The lowest BCUT2D eigenvalue weighted by molar-refractivity contribution is 0.0734. The lowest BCUT2D eigenvalue weighted by Gasteiger charge is -2.28. The van der Waals surface area contributed by atoms with Crippen molar-refractivity contribution in [3.63, 3.8) is 0 Å². The molecule has 0 bridgehead atoms. The monoisotopic (exact) mass is 386 g/mol. The van der Waals surface area contributed by atoms with Gasteiger partial charge in [-0.15, -0.1) is 0 Å². The zero-order valence-electron chi connectivity index (χ0n) is 17.1. The van der Waals surface area contributed by atoms with Gasteiger partial charge < -0.3 is 10.2 Å². The number of nitrogens with zero attached hydrogens (tertiary/aromatic N) is 3. The molecule has 4 rings (SSSR count). The van der Waals surface area contributed by atoms with Crippen LogP contribution in [-0.2, 0) is 18.4 Å². The SMILES string of the molecule is CC(C)(C)c1ccccc1Nc1ncc(C(=O)N2CCc3ccccc3C2)cn1. The second-order valence-electron chi connectivity index (χ2n) is 8.46. The maximum Gasteiger partial charge on any atom is 0.257 e. The molecular formula is C24H26N4O. The van der Waals surface area contributed by atoms with Crippen LogP contribution in [0.1, 0.15) is 47.8 Å². The summed E-state index contributed by atoms with van der Waals surface area (Å²) >= 11 is 0. The highest BCUT2D eigenvalue weighted by atomic mass is 16.2. The number of carbonyl (C=O) groups is 1. The van der Waals surface area contributed by atoms with Crippen LogP contribution < -0.4 is 5.32 Å². The van der Waals surface area contributed by atoms with Crippen LogP contribution in [0.4, 0.5) is 11.6 Å². The van der Waals surface area contributed by atoms with E-state index in [1.54, 1.807) is 12.4 Å². The molecular weight excluding hydrogens is 360 g/mol. The fourth-order valence-electron chi connectivity index (χ4n) is 3.72. The Balaban J connectivity index is 1.48. The number of fused-ring (bicyclic) bond motifs is 1. The number of aromatic nitrogens is 2. The quantitative estimate of drug-likeness (QED) is 0.708. The summed E-state index contributed by atoms with van der Waals surface area (Å²) in [6, 6.07) is 16.4. The molecule has 1 aliphatic rings. The van der Waals surface area contributed by atoms with E-state index in [0.29, 0.717) is 18.1 Å². The number of anilines is 2. The number of amides is 1. The van der Waals surface area contributed by atoms with Crippen molar-refractivity contribution in [2.75, 3.05) is 11.9 Å². The molecule has 0 atom stereocenters. The fraction of sp³-hybridized carbons (Fsp3) is 0.292. The number of nitrogens with one attached hydrogen (secondary N) is 1. The molecule has 0 radical (unpaired) electrons. The topological polar surface area (TPSA) is 58.1 Å². The molecule has 5 heteroatoms. The van der Waals surface area contributed by atoms with Gasteiger partial charge in [0.25, 0.3) is 5.91 Å². The first-order valence-electron chi connectivity index (χ1n) is 9.96. The van der Waals surface area contributed by atoms with E-state index in [2.05, 4.69) is 54.3 Å². The fourth-order valence-corrected chi connectivity index (χ4v) is 3.72. The minimum atomic E-state index is -0.0267. The Bertz CT molecular complexity index is 1020. The van der Waals surface area contributed by atoms with Crippen LogP contribution in [0.15, 0.2) is 60.9 Å². The van der Waals surface area contributed by atoms with E-state index in [4.69, 9.17) is 0 Å². The number of benzene rings is 2. The predicted octanol–water partition coefficient (Wildman–Crippen LogP) is 4.72. The number of para-hydroxylation sites is 1. The normalized spacial score (nSPS) is 13.7. The van der Waals surface area contributed by atoms with Crippen molar-refractivity contribution in [1.82, 2.24) is 14.9 Å². The lowest BCUT2D eigenvalue weighted by Crippen LogP contribution is -2.36. The summed E-state index contributed by atoms with van der Waals surface area (Å²) in [4.78, 5) is 23.5. The first kappa shape index (κ1) is 19.1. The highest BCUT2D eigenvalue weighted by Gasteiger charge is 2.22.